The Morgan fingerprint density at radius 3 is 2.62 bits per heavy atom. The van der Waals surface area contributed by atoms with Gasteiger partial charge in [-0.25, -0.2) is 0 Å². The molecule has 0 spiro atoms. The van der Waals surface area contributed by atoms with Gasteiger partial charge in [0.2, 0.25) is 0 Å². The van der Waals surface area contributed by atoms with E-state index in [1.807, 2.05) is 49.0 Å². The minimum Gasteiger partial charge on any atom is -0.352 e. The van der Waals surface area contributed by atoms with E-state index in [0.29, 0.717) is 17.9 Å². The highest BCUT2D eigenvalue weighted by Gasteiger charge is 2.09. The first-order valence-corrected chi connectivity index (χ1v) is 10.1. The number of thioether (sulfide) groups is 1. The number of carbonyl (C=O) groups excluding carboxylic acids is 1. The summed E-state index contributed by atoms with van der Waals surface area (Å²) in [4.78, 5) is 12.0. The molecule has 24 heavy (non-hydrogen) atoms. The highest BCUT2D eigenvalue weighted by Crippen LogP contribution is 2.14. The summed E-state index contributed by atoms with van der Waals surface area (Å²) in [7, 11) is 0. The SMILES string of the molecule is C=Cc1ccc(C/C=C/C(N)CS)cc1C(=O)NCC.CCSC. The molecule has 0 aliphatic rings. The Morgan fingerprint density at radius 2 is 2.12 bits per heavy atom. The third-order valence-electron chi connectivity index (χ3n) is 3.16. The topological polar surface area (TPSA) is 55.1 Å². The van der Waals surface area contributed by atoms with Gasteiger partial charge >= 0.3 is 0 Å². The summed E-state index contributed by atoms with van der Waals surface area (Å²) >= 11 is 5.98. The predicted octanol–water partition coefficient (Wildman–Crippen LogP) is 3.80. The zero-order valence-corrected chi connectivity index (χ0v) is 16.6. The molecule has 134 valence electrons. The van der Waals surface area contributed by atoms with Crippen LogP contribution in [0.2, 0.25) is 0 Å². The number of allylic oxidation sites excluding steroid dienone is 1. The van der Waals surface area contributed by atoms with Gasteiger partial charge in [0.15, 0.2) is 0 Å². The normalized spacial score (nSPS) is 11.5. The van der Waals surface area contributed by atoms with E-state index in [2.05, 4.69) is 37.7 Å². The quantitative estimate of drug-likeness (QED) is 0.484. The molecule has 0 fully saturated rings. The van der Waals surface area contributed by atoms with Crippen LogP contribution in [0.1, 0.15) is 35.3 Å². The predicted molar refractivity (Wildman–Crippen MR) is 113 cm³/mol. The number of nitrogens with one attached hydrogen (secondary N) is 1. The maximum absolute atomic E-state index is 12.0. The van der Waals surface area contributed by atoms with Crippen molar-refractivity contribution in [3.8, 4) is 0 Å². The Bertz CT molecular complexity index is 528. The number of hydrogen-bond acceptors (Lipinski definition) is 4. The first-order chi connectivity index (χ1) is 11.5. The molecule has 1 unspecified atom stereocenters. The van der Waals surface area contributed by atoms with Crippen LogP contribution in [0.15, 0.2) is 36.9 Å². The lowest BCUT2D eigenvalue weighted by Gasteiger charge is -2.08. The van der Waals surface area contributed by atoms with Gasteiger partial charge in [-0.3, -0.25) is 4.79 Å². The average molecular weight is 367 g/mol. The van der Waals surface area contributed by atoms with E-state index in [4.69, 9.17) is 5.73 Å². The number of rotatable bonds is 8. The number of benzene rings is 1. The van der Waals surface area contributed by atoms with E-state index >= 15 is 0 Å². The molecule has 3 N–H and O–H groups in total. The third kappa shape index (κ3) is 9.21. The molecule has 0 aliphatic carbocycles. The summed E-state index contributed by atoms with van der Waals surface area (Å²) in [5.41, 5.74) is 8.33. The summed E-state index contributed by atoms with van der Waals surface area (Å²) in [5.74, 6) is 1.79. The van der Waals surface area contributed by atoms with Crippen LogP contribution in [0, 0.1) is 0 Å². The van der Waals surface area contributed by atoms with Gasteiger partial charge in [-0.1, -0.05) is 43.9 Å². The Labute approximate surface area is 156 Å². The van der Waals surface area contributed by atoms with Crippen LogP contribution < -0.4 is 11.1 Å². The number of amides is 1. The fourth-order valence-corrected chi connectivity index (χ4v) is 1.92. The standard InChI is InChI=1S/C16H22N2OS.C3H8S/c1-3-13-9-8-12(6-5-7-14(17)11-20)10-15(13)16(19)18-4-2;1-3-4-2/h3,5,7-10,14,20H,1,4,6,11,17H2,2H3,(H,18,19);3H2,1-2H3/b7-5+;. The Balaban J connectivity index is 0.00000118. The lowest BCUT2D eigenvalue weighted by Crippen LogP contribution is -2.23. The van der Waals surface area contributed by atoms with Crippen molar-refractivity contribution in [1.82, 2.24) is 5.32 Å². The number of nitrogens with two attached hydrogens (primary N) is 1. The number of carbonyl (C=O) groups is 1. The number of hydrogen-bond donors (Lipinski definition) is 3. The van der Waals surface area contributed by atoms with E-state index in [1.54, 1.807) is 6.08 Å². The van der Waals surface area contributed by atoms with Crippen LogP contribution >= 0.6 is 24.4 Å². The molecule has 0 radical (unpaired) electrons. The molecule has 1 amide bonds. The van der Waals surface area contributed by atoms with Crippen molar-refractivity contribution in [3.63, 3.8) is 0 Å². The molecule has 0 saturated heterocycles. The van der Waals surface area contributed by atoms with Crippen LogP contribution in [0.5, 0.6) is 0 Å². The molecule has 0 aliphatic heterocycles. The van der Waals surface area contributed by atoms with Crippen LogP contribution in [0.4, 0.5) is 0 Å². The molecule has 1 atom stereocenters. The summed E-state index contributed by atoms with van der Waals surface area (Å²) in [6.07, 6.45) is 8.47. The second kappa shape index (κ2) is 14.2. The first-order valence-electron chi connectivity index (χ1n) is 8.09. The minimum atomic E-state index is -0.0692. The summed E-state index contributed by atoms with van der Waals surface area (Å²) in [6, 6.07) is 5.78. The second-order valence-corrected chi connectivity index (χ2v) is 6.56. The highest BCUT2D eigenvalue weighted by atomic mass is 32.2. The van der Waals surface area contributed by atoms with Gasteiger partial charge in [-0.2, -0.15) is 24.4 Å². The van der Waals surface area contributed by atoms with Gasteiger partial charge < -0.3 is 11.1 Å². The van der Waals surface area contributed by atoms with E-state index in [-0.39, 0.29) is 11.9 Å². The fourth-order valence-electron chi connectivity index (χ4n) is 1.80. The Hall–Kier alpha value is -1.17. The highest BCUT2D eigenvalue weighted by molar-refractivity contribution is 7.98. The van der Waals surface area contributed by atoms with Gasteiger partial charge in [-0.15, -0.1) is 0 Å². The van der Waals surface area contributed by atoms with E-state index < -0.39 is 0 Å². The van der Waals surface area contributed by atoms with E-state index in [9.17, 15) is 4.79 Å². The van der Waals surface area contributed by atoms with Crippen molar-refractivity contribution in [2.45, 2.75) is 26.3 Å². The van der Waals surface area contributed by atoms with Crippen LogP contribution in [0.3, 0.4) is 0 Å². The van der Waals surface area contributed by atoms with Crippen LogP contribution in [-0.2, 0) is 6.42 Å². The van der Waals surface area contributed by atoms with Gasteiger partial charge in [0.05, 0.1) is 0 Å². The van der Waals surface area contributed by atoms with Crippen molar-refractivity contribution >= 4 is 36.4 Å². The molecule has 3 nitrogen and oxygen atoms in total. The monoisotopic (exact) mass is 366 g/mol. The summed E-state index contributed by atoms with van der Waals surface area (Å²) in [6.45, 7) is 8.39. The van der Waals surface area contributed by atoms with Crippen molar-refractivity contribution in [2.75, 3.05) is 24.3 Å². The molecule has 0 heterocycles. The largest absolute Gasteiger partial charge is 0.352 e. The van der Waals surface area contributed by atoms with Crippen molar-refractivity contribution in [3.05, 3.63) is 53.6 Å². The van der Waals surface area contributed by atoms with Crippen molar-refractivity contribution in [2.24, 2.45) is 5.73 Å². The maximum atomic E-state index is 12.0. The lowest BCUT2D eigenvalue weighted by molar-refractivity contribution is 0.0955. The molecule has 1 rings (SSSR count). The molecular weight excluding hydrogens is 336 g/mol. The Morgan fingerprint density at radius 1 is 1.46 bits per heavy atom. The molecule has 0 aromatic heterocycles. The van der Waals surface area contributed by atoms with E-state index in [1.165, 1.54) is 5.75 Å². The molecule has 0 bridgehead atoms. The minimum absolute atomic E-state index is 0.0337. The van der Waals surface area contributed by atoms with Gasteiger partial charge in [0.25, 0.3) is 5.91 Å². The fraction of sp³-hybridized carbons (Fsp3) is 0.421. The first kappa shape index (κ1) is 22.8. The molecule has 5 heteroatoms. The zero-order valence-electron chi connectivity index (χ0n) is 14.9. The summed E-state index contributed by atoms with van der Waals surface area (Å²) < 4.78 is 0. The number of thiol groups is 1. The van der Waals surface area contributed by atoms with Crippen LogP contribution in [-0.4, -0.2) is 36.3 Å². The van der Waals surface area contributed by atoms with Crippen LogP contribution in [0.25, 0.3) is 6.08 Å². The third-order valence-corrected chi connectivity index (χ3v) is 4.15. The molecule has 1 aromatic rings. The smallest absolute Gasteiger partial charge is 0.251 e. The molecule has 1 aromatic carbocycles. The van der Waals surface area contributed by atoms with Gasteiger partial charge in [-0.05, 0) is 42.5 Å². The maximum Gasteiger partial charge on any atom is 0.251 e. The van der Waals surface area contributed by atoms with Crippen molar-refractivity contribution in [1.29, 1.82) is 0 Å². The van der Waals surface area contributed by atoms with Gasteiger partial charge in [0.1, 0.15) is 0 Å². The van der Waals surface area contributed by atoms with Gasteiger partial charge in [0, 0.05) is 23.9 Å². The summed E-state index contributed by atoms with van der Waals surface area (Å²) in [5, 5.41) is 2.81. The second-order valence-electron chi connectivity index (χ2n) is 5.04. The zero-order chi connectivity index (χ0) is 18.4. The van der Waals surface area contributed by atoms with Crippen molar-refractivity contribution < 1.29 is 4.79 Å². The Kier molecular flexibility index (Phi) is 13.5. The van der Waals surface area contributed by atoms with E-state index in [0.717, 1.165) is 17.5 Å². The lowest BCUT2D eigenvalue weighted by atomic mass is 10.0. The molecule has 0 saturated carbocycles. The average Bonchev–Trinajstić information content (AvgIpc) is 2.61. The molecular formula is C19H30N2OS2.